The van der Waals surface area contributed by atoms with E-state index < -0.39 is 115 Å². The summed E-state index contributed by atoms with van der Waals surface area (Å²) in [5.41, 5.74) is 3.96. The lowest BCUT2D eigenvalue weighted by atomic mass is 9.99. The molecule has 0 spiro atoms. The fourth-order valence-corrected chi connectivity index (χ4v) is 13.0. The Balaban J connectivity index is 0.883. The number of rotatable bonds is 36. The van der Waals surface area contributed by atoms with Crippen LogP contribution in [0.3, 0.4) is 0 Å². The fourth-order valence-electron chi connectivity index (χ4n) is 12.7. The molecule has 3 aromatic carbocycles. The van der Waals surface area contributed by atoms with Crippen molar-refractivity contribution in [2.24, 2.45) is 5.92 Å². The topological polar surface area (TPSA) is 405 Å². The van der Waals surface area contributed by atoms with Crippen molar-refractivity contribution < 1.29 is 95.9 Å². The molecular formula is C69H92F2IN13O18. The second-order valence-corrected chi connectivity index (χ2v) is 27.2. The SMILES string of the molecule is COc1ccc(CNC(=O)C(=O)C2CC(F)(F)CN2C(=O)CNC(=O)[C@@H]2C[C@@H](CC(=O)N3Cc4cccc(CCC(=O)NC(CCCCNC(=O)CN5CCN(CC(=O)O)CCN(CC(=O)O)CCN(CC(=O)O)CC5)C(=O)NCCNC(=O)CCCc5ccc(I)cc5)c4C3)C(=O)N2)cc1OC. The first-order chi connectivity index (χ1) is 49.1. The second-order valence-electron chi connectivity index (χ2n) is 25.9. The third-order valence-electron chi connectivity index (χ3n) is 18.2. The Morgan fingerprint density at radius 1 is 0.641 bits per heavy atom. The van der Waals surface area contributed by atoms with Crippen molar-refractivity contribution in [2.75, 3.05) is 125 Å². The summed E-state index contributed by atoms with van der Waals surface area (Å²) in [6.45, 7) is -0.767. The number of nitrogens with zero attached hydrogens (tertiary/aromatic N) is 6. The van der Waals surface area contributed by atoms with Gasteiger partial charge in [0.2, 0.25) is 53.0 Å². The van der Waals surface area contributed by atoms with Crippen LogP contribution in [-0.2, 0) is 94.8 Å². The number of carboxylic acid groups (broad SMARTS) is 3. The minimum absolute atomic E-state index is 0.0645. The van der Waals surface area contributed by atoms with Crippen molar-refractivity contribution in [1.29, 1.82) is 0 Å². The van der Waals surface area contributed by atoms with E-state index in [2.05, 4.69) is 59.8 Å². The first kappa shape index (κ1) is 81.3. The average molecular weight is 1560 g/mol. The van der Waals surface area contributed by atoms with Crippen LogP contribution in [-0.4, -0.2) is 271 Å². The number of fused-ring (bicyclic) bond motifs is 1. The fraction of sp³-hybridized carbons (Fsp3) is 0.551. The van der Waals surface area contributed by atoms with Crippen LogP contribution in [0.1, 0.15) is 85.6 Å². The summed E-state index contributed by atoms with van der Waals surface area (Å²) in [5, 5.41) is 47.3. The molecule has 0 bridgehead atoms. The molecular weight excluding hydrogens is 1460 g/mol. The molecule has 0 radical (unpaired) electrons. The minimum Gasteiger partial charge on any atom is -0.493 e. The number of nitrogens with one attached hydrogen (secondary N) is 7. The van der Waals surface area contributed by atoms with Gasteiger partial charge < -0.3 is 71.8 Å². The summed E-state index contributed by atoms with van der Waals surface area (Å²) < 4.78 is 41.1. The normalized spacial score (nSPS) is 18.4. The highest BCUT2D eigenvalue weighted by Crippen LogP contribution is 2.34. The van der Waals surface area contributed by atoms with Crippen molar-refractivity contribution in [1.82, 2.24) is 66.6 Å². The number of benzene rings is 3. The van der Waals surface area contributed by atoms with E-state index in [9.17, 15) is 86.4 Å². The van der Waals surface area contributed by atoms with Crippen molar-refractivity contribution >= 4 is 99.4 Å². The zero-order valence-corrected chi connectivity index (χ0v) is 59.9. The minimum atomic E-state index is -3.52. The van der Waals surface area contributed by atoms with E-state index in [1.165, 1.54) is 14.2 Å². The third-order valence-corrected chi connectivity index (χ3v) is 18.9. The van der Waals surface area contributed by atoms with E-state index in [1.54, 1.807) is 48.8 Å². The quantitative estimate of drug-likeness (QED) is 0.0203. The van der Waals surface area contributed by atoms with Crippen molar-refractivity contribution in [3.05, 3.63) is 92.1 Å². The molecule has 0 aliphatic carbocycles. The Bertz CT molecular complexity index is 3510. The molecule has 2 unspecified atom stereocenters. The number of aliphatic carboxylic acids is 3. The number of ketones is 1. The van der Waals surface area contributed by atoms with Gasteiger partial charge in [-0.3, -0.25) is 81.9 Å². The van der Waals surface area contributed by atoms with E-state index in [4.69, 9.17) is 9.47 Å². The summed E-state index contributed by atoms with van der Waals surface area (Å²) in [5.74, 6) is -13.9. The van der Waals surface area contributed by atoms with Crippen LogP contribution in [0.25, 0.3) is 0 Å². The van der Waals surface area contributed by atoms with E-state index in [-0.39, 0.29) is 168 Å². The zero-order chi connectivity index (χ0) is 74.8. The zero-order valence-electron chi connectivity index (χ0n) is 57.8. The van der Waals surface area contributed by atoms with E-state index in [0.29, 0.717) is 47.6 Å². The Kier molecular flexibility index (Phi) is 31.7. The lowest BCUT2D eigenvalue weighted by molar-refractivity contribution is -0.144. The van der Waals surface area contributed by atoms with Gasteiger partial charge in [-0.15, -0.1) is 0 Å². The second kappa shape index (κ2) is 40.2. The van der Waals surface area contributed by atoms with Gasteiger partial charge in [0.1, 0.15) is 18.1 Å². The molecule has 7 rings (SSSR count). The molecule has 10 N–H and O–H groups in total. The number of carbonyl (C=O) groups is 13. The highest BCUT2D eigenvalue weighted by Gasteiger charge is 2.51. The number of carboxylic acids is 3. The van der Waals surface area contributed by atoms with Crippen molar-refractivity contribution in [2.45, 2.75) is 114 Å². The number of aryl methyl sites for hydroxylation is 2. The van der Waals surface area contributed by atoms with Gasteiger partial charge in [-0.1, -0.05) is 36.4 Å². The number of ether oxygens (including phenoxy) is 2. The molecule has 34 heteroatoms. The predicted octanol–water partition coefficient (Wildman–Crippen LogP) is -0.282. The number of carbonyl (C=O) groups excluding carboxylic acids is 10. The third kappa shape index (κ3) is 26.6. The molecule has 103 heavy (non-hydrogen) atoms. The first-order valence-corrected chi connectivity index (χ1v) is 35.3. The Hall–Kier alpha value is -9.00. The highest BCUT2D eigenvalue weighted by molar-refractivity contribution is 14.1. The van der Waals surface area contributed by atoms with Crippen molar-refractivity contribution in [3.8, 4) is 11.5 Å². The molecule has 4 aliphatic rings. The predicted molar refractivity (Wildman–Crippen MR) is 374 cm³/mol. The number of hydrogen-bond donors (Lipinski definition) is 10. The lowest BCUT2D eigenvalue weighted by Gasteiger charge is -2.32. The number of likely N-dealkylation sites (tertiary alicyclic amines) is 1. The van der Waals surface area contributed by atoms with Gasteiger partial charge in [-0.05, 0) is 120 Å². The summed E-state index contributed by atoms with van der Waals surface area (Å²) in [7, 11) is 2.84. The molecule has 3 saturated heterocycles. The molecule has 0 aromatic heterocycles. The summed E-state index contributed by atoms with van der Waals surface area (Å²) in [4.78, 5) is 178. The van der Waals surface area contributed by atoms with Gasteiger partial charge >= 0.3 is 17.9 Å². The van der Waals surface area contributed by atoms with E-state index in [0.717, 1.165) is 25.8 Å². The van der Waals surface area contributed by atoms with Crippen LogP contribution in [0, 0.1) is 9.49 Å². The number of alkyl halides is 2. The van der Waals surface area contributed by atoms with Gasteiger partial charge in [0, 0.05) is 127 Å². The molecule has 4 aliphatic heterocycles. The summed E-state index contributed by atoms with van der Waals surface area (Å²) in [6.07, 6.45) is 1.12. The van der Waals surface area contributed by atoms with Gasteiger partial charge in [-0.2, -0.15) is 0 Å². The van der Waals surface area contributed by atoms with Gasteiger partial charge in [0.05, 0.1) is 53.5 Å². The summed E-state index contributed by atoms with van der Waals surface area (Å²) >= 11 is 2.22. The first-order valence-electron chi connectivity index (χ1n) is 34.2. The number of methoxy groups -OCH3 is 2. The van der Waals surface area contributed by atoms with Gasteiger partial charge in [0.25, 0.3) is 11.8 Å². The van der Waals surface area contributed by atoms with E-state index in [1.807, 2.05) is 36.4 Å². The largest absolute Gasteiger partial charge is 0.493 e. The number of unbranched alkanes of at least 4 members (excludes halogenated alkanes) is 1. The number of amides is 9. The number of Topliss-reactive ketones (excluding diaryl/α,β-unsaturated/α-hetero) is 1. The van der Waals surface area contributed by atoms with Crippen LogP contribution < -0.4 is 46.7 Å². The Labute approximate surface area is 608 Å². The van der Waals surface area contributed by atoms with E-state index >= 15 is 0 Å². The monoisotopic (exact) mass is 1560 g/mol. The average Bonchev–Trinajstić information content (AvgIpc) is 1.66. The van der Waals surface area contributed by atoms with Crippen LogP contribution in [0.2, 0.25) is 0 Å². The molecule has 4 heterocycles. The number of halogens is 3. The van der Waals surface area contributed by atoms with Crippen LogP contribution in [0.4, 0.5) is 8.78 Å². The molecule has 0 saturated carbocycles. The molecule has 3 fully saturated rings. The maximum Gasteiger partial charge on any atom is 0.317 e. The highest BCUT2D eigenvalue weighted by atomic mass is 127. The van der Waals surface area contributed by atoms with Crippen LogP contribution >= 0.6 is 22.6 Å². The van der Waals surface area contributed by atoms with Gasteiger partial charge in [0.15, 0.2) is 11.5 Å². The molecule has 9 amide bonds. The molecule has 31 nitrogen and oxygen atoms in total. The standard InChI is InChI=1S/C69H92F2IN13O18/c1-102-54-18-14-45(31-55(54)103-2)35-76-68(101)64(97)53-34-69(70,71)43-85(53)60(90)36-77-67(100)52-32-48(65(98)79-52)33-59(89)84-37-47-9-6-8-46(50(47)38-84)15-19-57(87)78-51(66(99)75-22-21-74-56(86)11-5-7-44-12-16-49(72)17-13-44)10-3-4-20-73-58(88)39-80-23-25-81(40-61(91)92)27-29-83(42-63(95)96)30-28-82(26-24-80)41-62(93)94/h6,8-9,12-14,16-18,31,48,51-53H,3-5,7,10-11,15,19-30,32-43H2,1-2H3,(H,73,88)(H,74,86)(H,75,99)(H,76,101)(H,77,100)(H,78,87)(H,79,98)(H,91,92)(H,93,94)(H,95,96)/t48-,51?,52-,53?/m0/s1. The smallest absolute Gasteiger partial charge is 0.317 e. The molecule has 3 aromatic rings. The Morgan fingerprint density at radius 2 is 1.24 bits per heavy atom. The van der Waals surface area contributed by atoms with Crippen LogP contribution in [0.15, 0.2) is 60.7 Å². The molecule has 562 valence electrons. The maximum atomic E-state index is 14.8. The molecule has 4 atom stereocenters. The lowest BCUT2D eigenvalue weighted by Crippen LogP contribution is -2.51. The Morgan fingerprint density at radius 3 is 1.86 bits per heavy atom. The maximum absolute atomic E-state index is 14.8. The summed E-state index contributed by atoms with van der Waals surface area (Å²) in [6, 6.07) is 14.1. The number of hydrogen-bond acceptors (Lipinski definition) is 19. The van der Waals surface area contributed by atoms with Crippen molar-refractivity contribution in [3.63, 3.8) is 0 Å². The van der Waals surface area contributed by atoms with Crippen LogP contribution in [0.5, 0.6) is 11.5 Å². The van der Waals surface area contributed by atoms with Gasteiger partial charge in [-0.25, -0.2) is 8.78 Å².